The van der Waals surface area contributed by atoms with Gasteiger partial charge < -0.3 is 55.9 Å². The van der Waals surface area contributed by atoms with Gasteiger partial charge in [0.2, 0.25) is 0 Å². The molecular formula is C38H80N2O10Si4. The molecule has 318 valence electrons. The van der Waals surface area contributed by atoms with Crippen LogP contribution in [-0.2, 0) is 46.1 Å². The molecule has 0 aromatic carbocycles. The van der Waals surface area contributed by atoms with Crippen LogP contribution in [0.25, 0.3) is 0 Å². The molecule has 2 saturated heterocycles. The fraction of sp³-hybridized carbons (Fsp3) is 1.00. The van der Waals surface area contributed by atoms with Gasteiger partial charge in [-0.1, -0.05) is 12.1 Å². The van der Waals surface area contributed by atoms with Crippen LogP contribution in [-0.4, -0.2) is 175 Å². The third-order valence-corrected chi connectivity index (χ3v) is 18.1. The molecule has 0 aliphatic carbocycles. The molecule has 2 rings (SSSR count). The fourth-order valence-corrected chi connectivity index (χ4v) is 14.6. The molecule has 2 fully saturated rings. The second-order valence-corrected chi connectivity index (χ2v) is 23.7. The van der Waals surface area contributed by atoms with E-state index in [9.17, 15) is 0 Å². The number of nitrogens with zero attached hydrogens (tertiary/aromatic N) is 2. The van der Waals surface area contributed by atoms with Gasteiger partial charge >= 0.3 is 17.1 Å². The molecule has 2 heterocycles. The van der Waals surface area contributed by atoms with Crippen LogP contribution < -0.4 is 0 Å². The zero-order valence-electron chi connectivity index (χ0n) is 35.7. The van der Waals surface area contributed by atoms with Crippen molar-refractivity contribution in [3.05, 3.63) is 0 Å². The van der Waals surface area contributed by atoms with Crippen LogP contribution in [0.5, 0.6) is 0 Å². The van der Waals surface area contributed by atoms with Crippen molar-refractivity contribution in [3.63, 3.8) is 0 Å². The molecule has 12 nitrogen and oxygen atoms in total. The highest BCUT2D eigenvalue weighted by Crippen LogP contribution is 2.24. The largest absolute Gasteiger partial charge is 0.395 e. The Morgan fingerprint density at radius 3 is 1.31 bits per heavy atom. The summed E-state index contributed by atoms with van der Waals surface area (Å²) in [6.45, 7) is 29.5. The third-order valence-electron chi connectivity index (χ3n) is 9.50. The summed E-state index contributed by atoms with van der Waals surface area (Å²) >= 11 is 0. The predicted molar refractivity (Wildman–Crippen MR) is 223 cm³/mol. The summed E-state index contributed by atoms with van der Waals surface area (Å²) in [6, 6.07) is 4.26. The van der Waals surface area contributed by atoms with Gasteiger partial charge in [0.15, 0.2) is 0 Å². The Morgan fingerprint density at radius 1 is 0.574 bits per heavy atom. The van der Waals surface area contributed by atoms with Crippen LogP contribution in [0.3, 0.4) is 0 Å². The molecule has 0 spiro atoms. The molecule has 0 saturated carbocycles. The Balaban J connectivity index is 1.77. The fourth-order valence-electron chi connectivity index (χ4n) is 7.13. The van der Waals surface area contributed by atoms with Crippen molar-refractivity contribution in [1.82, 2.24) is 9.80 Å². The molecule has 0 aromatic rings. The SMILES string of the molecule is CCOC(OCC)[Si]CCCN1CCC[Si](C)(OCC)OC(COCCCCOCC2CN(CCC[Si]C(OCC)OCC)CCC[Si](C)(OCC)O2)C1. The van der Waals surface area contributed by atoms with Crippen LogP contribution in [0.2, 0.25) is 37.3 Å². The van der Waals surface area contributed by atoms with E-state index in [4.69, 9.17) is 46.1 Å². The summed E-state index contributed by atoms with van der Waals surface area (Å²) in [4.78, 5) is 5.11. The molecule has 4 atom stereocenters. The summed E-state index contributed by atoms with van der Waals surface area (Å²) in [5, 5.41) is 0. The number of hydrogen-bond acceptors (Lipinski definition) is 12. The molecular weight excluding hydrogens is 757 g/mol. The van der Waals surface area contributed by atoms with E-state index in [0.29, 0.717) is 85.1 Å². The number of unbranched alkanes of at least 4 members (excludes halogenated alkanes) is 1. The second-order valence-electron chi connectivity index (χ2n) is 14.4. The zero-order chi connectivity index (χ0) is 39.3. The molecule has 0 N–H and O–H groups in total. The van der Waals surface area contributed by atoms with E-state index >= 15 is 0 Å². The molecule has 2 aliphatic rings. The lowest BCUT2D eigenvalue weighted by Crippen LogP contribution is -2.50. The van der Waals surface area contributed by atoms with E-state index in [1.165, 1.54) is 0 Å². The Hall–Kier alpha value is 0.388. The predicted octanol–water partition coefficient (Wildman–Crippen LogP) is 5.94. The Labute approximate surface area is 337 Å². The van der Waals surface area contributed by atoms with Gasteiger partial charge in [-0.2, -0.15) is 0 Å². The van der Waals surface area contributed by atoms with E-state index in [2.05, 4.69) is 36.7 Å². The highest BCUT2D eigenvalue weighted by atomic mass is 28.4. The van der Waals surface area contributed by atoms with E-state index < -0.39 is 17.1 Å². The lowest BCUT2D eigenvalue weighted by molar-refractivity contribution is -0.0830. The first-order valence-electron chi connectivity index (χ1n) is 21.4. The zero-order valence-corrected chi connectivity index (χ0v) is 39.7. The molecule has 4 unspecified atom stereocenters. The summed E-state index contributed by atoms with van der Waals surface area (Å²) in [6.07, 6.45) is 6.42. The van der Waals surface area contributed by atoms with Gasteiger partial charge in [0.1, 0.15) is 30.9 Å². The highest BCUT2D eigenvalue weighted by Gasteiger charge is 2.37. The quantitative estimate of drug-likeness (QED) is 0.0470. The molecule has 0 bridgehead atoms. The molecule has 4 radical (unpaired) electrons. The highest BCUT2D eigenvalue weighted by molar-refractivity contribution is 6.66. The molecule has 54 heavy (non-hydrogen) atoms. The first-order valence-corrected chi connectivity index (χ1v) is 29.0. The van der Waals surface area contributed by atoms with Crippen LogP contribution in [0.1, 0.15) is 80.1 Å². The standard InChI is InChI=1S/C38H80N2O10Si4/c1-9-43-37(44-10-2)51-27-17-21-39-23-19-29-53(7,47-13-5)49-35(31-39)33-41-25-15-16-26-42-34-36-32-40(24-20-30-54(8,50-36)48-14-6)22-18-28-52-38(45-11-3)46-12-4/h35-38H,9-34H2,1-8H3. The van der Waals surface area contributed by atoms with Gasteiger partial charge in [-0.15, -0.1) is 0 Å². The summed E-state index contributed by atoms with van der Waals surface area (Å²) in [5.41, 5.74) is 0. The number of hydrogen-bond donors (Lipinski definition) is 0. The van der Waals surface area contributed by atoms with Crippen LogP contribution in [0, 0.1) is 0 Å². The summed E-state index contributed by atoms with van der Waals surface area (Å²) in [5.74, 6) is -0.130. The molecule has 0 aromatic heterocycles. The Bertz CT molecular complexity index is 816. The average Bonchev–Trinajstić information content (AvgIpc) is 3.11. The average molecular weight is 837 g/mol. The lowest BCUT2D eigenvalue weighted by atomic mass is 10.3. The van der Waals surface area contributed by atoms with Gasteiger partial charge in [-0.25, -0.2) is 0 Å². The van der Waals surface area contributed by atoms with E-state index in [1.807, 2.05) is 27.7 Å². The van der Waals surface area contributed by atoms with Crippen molar-refractivity contribution in [1.29, 1.82) is 0 Å². The van der Waals surface area contributed by atoms with Gasteiger partial charge in [0.25, 0.3) is 0 Å². The van der Waals surface area contributed by atoms with E-state index in [-0.39, 0.29) is 24.0 Å². The minimum atomic E-state index is -2.22. The van der Waals surface area contributed by atoms with Crippen molar-refractivity contribution in [3.8, 4) is 0 Å². The van der Waals surface area contributed by atoms with Crippen LogP contribution >= 0.6 is 0 Å². The first-order chi connectivity index (χ1) is 26.2. The van der Waals surface area contributed by atoms with Crippen molar-refractivity contribution in [2.45, 2.75) is 141 Å². The topological polar surface area (TPSA) is 98.8 Å². The van der Waals surface area contributed by atoms with E-state index in [0.717, 1.165) is 102 Å². The Morgan fingerprint density at radius 2 is 0.963 bits per heavy atom. The van der Waals surface area contributed by atoms with Crippen molar-refractivity contribution >= 4 is 36.2 Å². The third kappa shape index (κ3) is 23.1. The minimum Gasteiger partial charge on any atom is -0.395 e. The molecule has 16 heteroatoms. The maximum absolute atomic E-state index is 6.74. The minimum absolute atomic E-state index is 0.0197. The first kappa shape index (κ1) is 50.5. The van der Waals surface area contributed by atoms with Crippen LogP contribution in [0.15, 0.2) is 0 Å². The smallest absolute Gasteiger partial charge is 0.335 e. The van der Waals surface area contributed by atoms with Crippen LogP contribution in [0.4, 0.5) is 0 Å². The number of rotatable bonds is 31. The lowest BCUT2D eigenvalue weighted by Gasteiger charge is -2.37. The van der Waals surface area contributed by atoms with Crippen molar-refractivity contribution in [2.24, 2.45) is 0 Å². The second kappa shape index (κ2) is 31.3. The summed E-state index contributed by atoms with van der Waals surface area (Å²) < 4.78 is 61.5. The summed E-state index contributed by atoms with van der Waals surface area (Å²) in [7, 11) is -3.12. The maximum atomic E-state index is 6.74. The van der Waals surface area contributed by atoms with Crippen molar-refractivity contribution in [2.75, 3.05) is 105 Å². The maximum Gasteiger partial charge on any atom is 0.335 e. The molecule has 2 aliphatic heterocycles. The van der Waals surface area contributed by atoms with Gasteiger partial charge in [0, 0.05) is 65.9 Å². The molecule has 0 amide bonds. The van der Waals surface area contributed by atoms with Gasteiger partial charge in [0.05, 0.1) is 25.4 Å². The normalized spacial score (nSPS) is 25.2. The van der Waals surface area contributed by atoms with E-state index in [1.54, 1.807) is 0 Å². The monoisotopic (exact) mass is 836 g/mol. The van der Waals surface area contributed by atoms with Crippen molar-refractivity contribution < 1.29 is 46.1 Å². The number of ether oxygens (including phenoxy) is 6. The Kier molecular flexibility index (Phi) is 29.3. The van der Waals surface area contributed by atoms with Gasteiger partial charge in [-0.3, -0.25) is 0 Å². The van der Waals surface area contributed by atoms with Gasteiger partial charge in [-0.05, 0) is 131 Å².